The fourth-order valence-electron chi connectivity index (χ4n) is 0.354. The monoisotopic (exact) mass is 173 g/mol. The van der Waals surface area contributed by atoms with Crippen molar-refractivity contribution in [1.82, 2.24) is 0 Å². The third-order valence-corrected chi connectivity index (χ3v) is 1.41. The van der Waals surface area contributed by atoms with Crippen LogP contribution in [0.1, 0.15) is 33.6 Å². The summed E-state index contributed by atoms with van der Waals surface area (Å²) in [5, 5.41) is 1.48. The lowest BCUT2D eigenvalue weighted by Gasteiger charge is -1.78. The first-order chi connectivity index (χ1) is 4.15. The van der Waals surface area contributed by atoms with E-state index in [0.29, 0.717) is 5.92 Å². The molecule has 0 aliphatic rings. The van der Waals surface area contributed by atoms with E-state index in [0.717, 1.165) is 0 Å². The summed E-state index contributed by atoms with van der Waals surface area (Å²) in [4.78, 5) is 0. The Labute approximate surface area is 85.3 Å². The molecule has 0 fully saturated rings. The van der Waals surface area contributed by atoms with Crippen molar-refractivity contribution in [2.24, 2.45) is 5.92 Å². The van der Waals surface area contributed by atoms with E-state index in [9.17, 15) is 0 Å². The molecule has 0 aromatic heterocycles. The predicted molar refractivity (Wildman–Crippen MR) is 58.4 cm³/mol. The smallest absolute Gasteiger partial charge is 0.101 e. The van der Waals surface area contributed by atoms with Gasteiger partial charge in [-0.3, -0.25) is 0 Å². The van der Waals surface area contributed by atoms with Crippen molar-refractivity contribution in [1.29, 1.82) is 0 Å². The van der Waals surface area contributed by atoms with E-state index in [2.05, 4.69) is 27.7 Å². The maximum absolute atomic E-state index is 3.64. The highest BCUT2D eigenvalue weighted by atomic mass is 27.0. The van der Waals surface area contributed by atoms with E-state index >= 15 is 0 Å². The molecular weight excluding hydrogens is 150 g/mol. The minimum atomic E-state index is 0. The lowest BCUT2D eigenvalue weighted by molar-refractivity contribution is 0.827. The van der Waals surface area contributed by atoms with E-state index in [1.165, 1.54) is 34.4 Å². The minimum absolute atomic E-state index is 0. The molecule has 0 aromatic rings. The molecule has 0 nitrogen and oxygen atoms in total. The van der Waals surface area contributed by atoms with Gasteiger partial charge in [-0.25, -0.2) is 0 Å². The highest BCUT2D eigenvalue weighted by Gasteiger charge is 1.69. The molecule has 10 heavy (non-hydrogen) atoms. The van der Waals surface area contributed by atoms with Gasteiger partial charge in [0.1, 0.15) is 0 Å². The van der Waals surface area contributed by atoms with Crippen LogP contribution in [0.2, 0.25) is 5.28 Å². The van der Waals surface area contributed by atoms with Crippen LogP contribution in [0.15, 0.2) is 0 Å². The molecule has 61 valence electrons. The predicted octanol–water partition coefficient (Wildman–Crippen LogP) is 1.13. The summed E-state index contributed by atoms with van der Waals surface area (Å²) in [5.74, 6) is 0.583. The van der Waals surface area contributed by atoms with Crippen LogP contribution in [0.25, 0.3) is 0 Å². The Morgan fingerprint density at radius 2 is 1.70 bits per heavy atom. The van der Waals surface area contributed by atoms with Crippen LogP contribution in [-0.4, -0.2) is 33.7 Å². The molecule has 0 unspecified atom stereocenters. The summed E-state index contributed by atoms with van der Waals surface area (Å²) in [7, 11) is 0. The molecule has 0 rings (SSSR count). The van der Waals surface area contributed by atoms with Crippen molar-refractivity contribution in [3.8, 4) is 0 Å². The van der Waals surface area contributed by atoms with Crippen LogP contribution in [0.3, 0.4) is 0 Å². The van der Waals surface area contributed by atoms with Gasteiger partial charge in [0.05, 0.1) is 0 Å². The van der Waals surface area contributed by atoms with Gasteiger partial charge in [-0.15, -0.1) is 5.28 Å². The number of rotatable bonds is 2. The zero-order chi connectivity index (χ0) is 7.70. The summed E-state index contributed by atoms with van der Waals surface area (Å²) < 4.78 is 0. The summed E-state index contributed by atoms with van der Waals surface area (Å²) >= 11 is 1.40. The van der Waals surface area contributed by atoms with Crippen LogP contribution >= 0.6 is 0 Å². The summed E-state index contributed by atoms with van der Waals surface area (Å²) in [6.07, 6.45) is 2.83. The molecule has 0 N–H and O–H groups in total. The molecule has 0 heterocycles. The van der Waals surface area contributed by atoms with E-state index in [4.69, 9.17) is 0 Å². The van der Waals surface area contributed by atoms with Crippen molar-refractivity contribution in [3.05, 3.63) is 6.92 Å². The van der Waals surface area contributed by atoms with Gasteiger partial charge in [0.2, 0.25) is 16.3 Å². The van der Waals surface area contributed by atoms with Gasteiger partial charge < -0.3 is 0 Å². The van der Waals surface area contributed by atoms with Gasteiger partial charge in [-0.1, -0.05) is 40.5 Å². The Bertz CT molecular complexity index is 31.5. The molecule has 0 atom stereocenters. The molecule has 0 aliphatic carbocycles. The summed E-state index contributed by atoms with van der Waals surface area (Å²) in [6.45, 7) is 9.98. The Hall–Kier alpha value is 1.06. The second-order valence-corrected chi connectivity index (χ2v) is 3.75. The zero-order valence-electron chi connectivity index (χ0n) is 7.41. The molecule has 2 heteroatoms. The maximum Gasteiger partial charge on any atom is 0.211 e. The van der Waals surface area contributed by atoms with Crippen LogP contribution in [0.4, 0.5) is 0 Å². The SMILES string of the molecule is CCC[CH2][AlH2].[AlH3].[CH2]C(C)C. The molecule has 0 spiro atoms. The first kappa shape index (κ1) is 17.2. The van der Waals surface area contributed by atoms with Crippen LogP contribution < -0.4 is 0 Å². The molecule has 0 saturated carbocycles. The average molecular weight is 173 g/mol. The zero-order valence-corrected chi connectivity index (χ0v) is 9.41. The third-order valence-electron chi connectivity index (χ3n) is 0.707. The molecule has 0 amide bonds. The van der Waals surface area contributed by atoms with Crippen molar-refractivity contribution in [2.75, 3.05) is 0 Å². The van der Waals surface area contributed by atoms with Gasteiger partial charge in [-0.05, 0) is 5.92 Å². The van der Waals surface area contributed by atoms with Crippen LogP contribution in [-0.2, 0) is 0 Å². The second-order valence-electron chi connectivity index (χ2n) is 2.75. The van der Waals surface area contributed by atoms with Crippen molar-refractivity contribution in [3.63, 3.8) is 0 Å². The van der Waals surface area contributed by atoms with Gasteiger partial charge in [0, 0.05) is 0 Å². The first-order valence-electron chi connectivity index (χ1n) is 3.98. The fraction of sp³-hybridized carbons (Fsp3) is 0.875. The summed E-state index contributed by atoms with van der Waals surface area (Å²) in [6, 6.07) is 0. The number of unbranched alkanes of at least 4 members (excludes halogenated alkanes) is 1. The van der Waals surface area contributed by atoms with Crippen molar-refractivity contribution < 1.29 is 0 Å². The number of hydrogen-bond acceptors (Lipinski definition) is 0. The third kappa shape index (κ3) is 62.8. The normalized spacial score (nSPS) is 7.70. The van der Waals surface area contributed by atoms with Crippen molar-refractivity contribution in [2.45, 2.75) is 38.9 Å². The molecule has 0 aliphatic heterocycles. The quantitative estimate of drug-likeness (QED) is 0.549. The van der Waals surface area contributed by atoms with Gasteiger partial charge in [0.25, 0.3) is 0 Å². The lowest BCUT2D eigenvalue weighted by atomic mass is 10.3. The average Bonchev–Trinajstić information content (AvgIpc) is 1.66. The number of hydrogen-bond donors (Lipinski definition) is 0. The summed E-state index contributed by atoms with van der Waals surface area (Å²) in [5.41, 5.74) is 0. The highest BCUT2D eigenvalue weighted by molar-refractivity contribution is 6.08. The van der Waals surface area contributed by atoms with Gasteiger partial charge in [-0.2, -0.15) is 0 Å². The topological polar surface area (TPSA) is 0 Å². The minimum Gasteiger partial charge on any atom is -0.101 e. The molecular formula is C8H23Al2. The molecule has 0 saturated heterocycles. The Kier molecular flexibility index (Phi) is 28.6. The van der Waals surface area contributed by atoms with Gasteiger partial charge in [0.15, 0.2) is 17.4 Å². The van der Waals surface area contributed by atoms with E-state index in [1.54, 1.807) is 0 Å². The lowest BCUT2D eigenvalue weighted by Crippen LogP contribution is -1.67. The van der Waals surface area contributed by atoms with Crippen LogP contribution in [0.5, 0.6) is 0 Å². The molecule has 1 radical (unpaired) electrons. The fourth-order valence-corrected chi connectivity index (χ4v) is 1.06. The second kappa shape index (κ2) is 16.6. The maximum atomic E-state index is 3.64. The largest absolute Gasteiger partial charge is 0.211 e. The Morgan fingerprint density at radius 3 is 1.70 bits per heavy atom. The molecule has 0 bridgehead atoms. The van der Waals surface area contributed by atoms with Crippen molar-refractivity contribution >= 4 is 33.7 Å². The van der Waals surface area contributed by atoms with Crippen LogP contribution in [0, 0.1) is 12.8 Å². The Balaban J connectivity index is -0.0000000910. The Morgan fingerprint density at radius 1 is 1.40 bits per heavy atom. The van der Waals surface area contributed by atoms with E-state index in [1.807, 2.05) is 0 Å². The molecule has 0 aromatic carbocycles. The van der Waals surface area contributed by atoms with E-state index < -0.39 is 0 Å². The standard InChI is InChI=1S/2C4H9.2Al.5H/c1-4(2)3;1-3-4-2;;;;;;;/h4H,1H2,2-3H3;1,3-4H2,2H3;;;;;;;. The highest BCUT2D eigenvalue weighted by Crippen LogP contribution is 1.86. The first-order valence-corrected chi connectivity index (χ1v) is 5.39. The van der Waals surface area contributed by atoms with E-state index in [-0.39, 0.29) is 17.4 Å². The van der Waals surface area contributed by atoms with Gasteiger partial charge >= 0.3 is 0 Å².